The topological polar surface area (TPSA) is 69.2 Å². The first-order chi connectivity index (χ1) is 14.1. The van der Waals surface area contributed by atoms with E-state index >= 15 is 0 Å². The molecule has 0 bridgehead atoms. The highest BCUT2D eigenvalue weighted by Gasteiger charge is 2.11. The Bertz CT molecular complexity index is 851. The average Bonchev–Trinajstić information content (AvgIpc) is 2.72. The molecule has 2 aromatic rings. The second-order valence-electron chi connectivity index (χ2n) is 5.93. The monoisotopic (exact) mass is 508 g/mol. The number of hydrogen-bond acceptors (Lipinski definition) is 5. The normalized spacial score (nSPS) is 10.6. The second-order valence-corrected chi connectivity index (χ2v) is 7.10. The van der Waals surface area contributed by atoms with Crippen molar-refractivity contribution in [2.75, 3.05) is 19.8 Å². The highest BCUT2D eigenvalue weighted by Crippen LogP contribution is 2.33. The first kappa shape index (κ1) is 22.7. The lowest BCUT2D eigenvalue weighted by atomic mass is 10.2. The number of hydrazone groups is 1. The summed E-state index contributed by atoms with van der Waals surface area (Å²) in [6, 6.07) is 10.7. The van der Waals surface area contributed by atoms with Gasteiger partial charge in [0.15, 0.2) is 11.5 Å². The maximum Gasteiger partial charge on any atom is 0.271 e. The molecule has 0 aromatic heterocycles. The number of carbonyl (C=O) groups excluding carboxylic acids is 1. The van der Waals surface area contributed by atoms with Crippen molar-refractivity contribution >= 4 is 34.7 Å². The molecule has 0 aliphatic rings. The number of nitrogens with one attached hydrogen (secondary N) is 1. The molecule has 154 valence electrons. The maximum atomic E-state index is 12.2. The number of benzene rings is 2. The second kappa shape index (κ2) is 12.1. The molecule has 1 N–H and O–H groups in total. The van der Waals surface area contributed by atoms with Crippen molar-refractivity contribution in [1.82, 2.24) is 5.43 Å². The van der Waals surface area contributed by atoms with Crippen molar-refractivity contribution in [3.05, 3.63) is 63.8 Å². The fourth-order valence-electron chi connectivity index (χ4n) is 2.36. The molecule has 2 aromatic carbocycles. The molecule has 0 atom stereocenters. The molecule has 0 fully saturated rings. The Labute approximate surface area is 185 Å². The van der Waals surface area contributed by atoms with Crippen LogP contribution in [0.4, 0.5) is 0 Å². The Kier molecular flexibility index (Phi) is 9.49. The van der Waals surface area contributed by atoms with E-state index in [4.69, 9.17) is 14.2 Å². The molecular weight excluding hydrogens is 483 g/mol. The fourth-order valence-corrected chi connectivity index (χ4v) is 3.14. The van der Waals surface area contributed by atoms with Crippen LogP contribution in [0, 0.1) is 3.57 Å². The number of nitrogens with zero attached hydrogens (tertiary/aromatic N) is 1. The number of amides is 1. The Morgan fingerprint density at radius 3 is 2.59 bits per heavy atom. The van der Waals surface area contributed by atoms with Crippen molar-refractivity contribution in [2.24, 2.45) is 5.10 Å². The quantitative estimate of drug-likeness (QED) is 0.205. The summed E-state index contributed by atoms with van der Waals surface area (Å²) in [4.78, 5) is 12.2. The van der Waals surface area contributed by atoms with Gasteiger partial charge < -0.3 is 14.2 Å². The summed E-state index contributed by atoms with van der Waals surface area (Å²) in [6.07, 6.45) is 4.18. The minimum atomic E-state index is -0.297. The lowest BCUT2D eigenvalue weighted by Gasteiger charge is -2.13. The van der Waals surface area contributed by atoms with Crippen LogP contribution in [0.3, 0.4) is 0 Å². The summed E-state index contributed by atoms with van der Waals surface area (Å²) in [5.41, 5.74) is 3.82. The molecule has 2 rings (SSSR count). The zero-order chi connectivity index (χ0) is 21.1. The largest absolute Gasteiger partial charge is 0.494 e. The lowest BCUT2D eigenvalue weighted by molar-refractivity contribution is 0.0955. The first-order valence-electron chi connectivity index (χ1n) is 9.35. The van der Waals surface area contributed by atoms with Gasteiger partial charge in [-0.3, -0.25) is 4.79 Å². The third-order valence-electron chi connectivity index (χ3n) is 3.65. The van der Waals surface area contributed by atoms with E-state index in [0.29, 0.717) is 36.9 Å². The van der Waals surface area contributed by atoms with Crippen LogP contribution in [0.5, 0.6) is 17.2 Å². The molecule has 0 radical (unpaired) electrons. The van der Waals surface area contributed by atoms with Crippen LogP contribution < -0.4 is 19.6 Å². The summed E-state index contributed by atoms with van der Waals surface area (Å²) in [6.45, 7) is 9.16. The van der Waals surface area contributed by atoms with Crippen LogP contribution in [0.1, 0.15) is 36.2 Å². The van der Waals surface area contributed by atoms with Gasteiger partial charge in [0, 0.05) is 5.56 Å². The molecule has 0 spiro atoms. The number of halogens is 1. The summed E-state index contributed by atoms with van der Waals surface area (Å²) in [5.74, 6) is 1.73. The van der Waals surface area contributed by atoms with Crippen LogP contribution in [0.25, 0.3) is 0 Å². The predicted molar refractivity (Wildman–Crippen MR) is 123 cm³/mol. The van der Waals surface area contributed by atoms with Crippen molar-refractivity contribution in [1.29, 1.82) is 0 Å². The number of ether oxygens (including phenoxy) is 3. The Balaban J connectivity index is 2.05. The van der Waals surface area contributed by atoms with Crippen molar-refractivity contribution in [3.63, 3.8) is 0 Å². The average molecular weight is 508 g/mol. The number of hydrogen-bond donors (Lipinski definition) is 1. The van der Waals surface area contributed by atoms with Gasteiger partial charge in [-0.2, -0.15) is 5.10 Å². The first-order valence-corrected chi connectivity index (χ1v) is 10.4. The molecule has 0 unspecified atom stereocenters. The molecular formula is C22H25IN2O4. The zero-order valence-electron chi connectivity index (χ0n) is 16.6. The predicted octanol–water partition coefficient (Wildman–Crippen LogP) is 4.81. The van der Waals surface area contributed by atoms with Crippen LogP contribution in [-0.4, -0.2) is 31.9 Å². The highest BCUT2D eigenvalue weighted by molar-refractivity contribution is 14.1. The SMILES string of the molecule is C=CCOc1c(I)cc(/C=N\NC(=O)c2ccc(OCCC)cc2)cc1OCC. The van der Waals surface area contributed by atoms with E-state index in [1.54, 1.807) is 36.6 Å². The Morgan fingerprint density at radius 1 is 1.17 bits per heavy atom. The number of rotatable bonds is 11. The van der Waals surface area contributed by atoms with Gasteiger partial charge >= 0.3 is 0 Å². The molecule has 1 amide bonds. The molecule has 6 nitrogen and oxygen atoms in total. The smallest absolute Gasteiger partial charge is 0.271 e. The van der Waals surface area contributed by atoms with E-state index in [-0.39, 0.29) is 5.91 Å². The van der Waals surface area contributed by atoms with Gasteiger partial charge in [0.2, 0.25) is 0 Å². The molecule has 0 saturated heterocycles. The molecule has 0 aliphatic carbocycles. The van der Waals surface area contributed by atoms with E-state index < -0.39 is 0 Å². The van der Waals surface area contributed by atoms with Crippen LogP contribution >= 0.6 is 22.6 Å². The van der Waals surface area contributed by atoms with Crippen LogP contribution in [0.15, 0.2) is 54.2 Å². The molecule has 0 heterocycles. The summed E-state index contributed by atoms with van der Waals surface area (Å²) in [7, 11) is 0. The van der Waals surface area contributed by atoms with Crippen molar-refractivity contribution in [2.45, 2.75) is 20.3 Å². The Morgan fingerprint density at radius 2 is 1.93 bits per heavy atom. The van der Waals surface area contributed by atoms with Crippen LogP contribution in [-0.2, 0) is 0 Å². The third-order valence-corrected chi connectivity index (χ3v) is 4.45. The van der Waals surface area contributed by atoms with E-state index in [9.17, 15) is 4.79 Å². The van der Waals surface area contributed by atoms with Crippen molar-refractivity contribution < 1.29 is 19.0 Å². The van der Waals surface area contributed by atoms with Gasteiger partial charge in [-0.25, -0.2) is 5.43 Å². The summed E-state index contributed by atoms with van der Waals surface area (Å²) >= 11 is 2.18. The minimum absolute atomic E-state index is 0.297. The number of carbonyl (C=O) groups is 1. The highest BCUT2D eigenvalue weighted by atomic mass is 127. The van der Waals surface area contributed by atoms with Crippen molar-refractivity contribution in [3.8, 4) is 17.2 Å². The van der Waals surface area contributed by atoms with Gasteiger partial charge in [0.25, 0.3) is 5.91 Å². The van der Waals surface area contributed by atoms with Gasteiger partial charge in [-0.15, -0.1) is 0 Å². The molecule has 7 heteroatoms. The third kappa shape index (κ3) is 7.08. The molecule has 0 saturated carbocycles. The van der Waals surface area contributed by atoms with Gasteiger partial charge in [-0.1, -0.05) is 19.6 Å². The van der Waals surface area contributed by atoms with E-state index in [1.807, 2.05) is 26.0 Å². The lowest BCUT2D eigenvalue weighted by Crippen LogP contribution is -2.17. The van der Waals surface area contributed by atoms with E-state index in [0.717, 1.165) is 21.3 Å². The minimum Gasteiger partial charge on any atom is -0.494 e. The summed E-state index contributed by atoms with van der Waals surface area (Å²) in [5, 5.41) is 4.05. The van der Waals surface area contributed by atoms with Gasteiger partial charge in [0.05, 0.1) is 23.0 Å². The maximum absolute atomic E-state index is 12.2. The standard InChI is InChI=1S/C22H25IN2O4/c1-4-11-28-18-9-7-17(8-10-18)22(26)25-24-15-16-13-19(23)21(29-12-5-2)20(14-16)27-6-3/h5,7-10,13-15H,2,4,6,11-12H2,1,3H3,(H,25,26)/b24-15-. The zero-order valence-corrected chi connectivity index (χ0v) is 18.8. The van der Waals surface area contributed by atoms with E-state index in [2.05, 4.69) is 39.7 Å². The van der Waals surface area contributed by atoms with Crippen LogP contribution in [0.2, 0.25) is 0 Å². The Hall–Kier alpha value is -2.55. The van der Waals surface area contributed by atoms with Gasteiger partial charge in [-0.05, 0) is 77.9 Å². The molecule has 0 aliphatic heterocycles. The van der Waals surface area contributed by atoms with Gasteiger partial charge in [0.1, 0.15) is 12.4 Å². The van der Waals surface area contributed by atoms with E-state index in [1.165, 1.54) is 0 Å². The summed E-state index contributed by atoms with van der Waals surface area (Å²) < 4.78 is 17.7. The fraction of sp³-hybridized carbons (Fsp3) is 0.273. The molecule has 29 heavy (non-hydrogen) atoms.